The first-order valence-corrected chi connectivity index (χ1v) is 22.9. The maximum absolute atomic E-state index is 12.4. The van der Waals surface area contributed by atoms with E-state index in [0.29, 0.717) is 6.42 Å². The Labute approximate surface area is 324 Å². The molecule has 0 rings (SSSR count). The molecule has 0 heterocycles. The first-order valence-electron chi connectivity index (χ1n) is 22.9. The third-order valence-electron chi connectivity index (χ3n) is 10.3. The Morgan fingerprint density at radius 2 is 0.750 bits per heavy atom. The van der Waals surface area contributed by atoms with Crippen molar-refractivity contribution in [2.24, 2.45) is 0 Å². The fourth-order valence-electron chi connectivity index (χ4n) is 6.73. The number of aliphatic hydroxyl groups excluding tert-OH is 2. The summed E-state index contributed by atoms with van der Waals surface area (Å²) in [4.78, 5) is 12.4. The van der Waals surface area contributed by atoms with Crippen molar-refractivity contribution < 1.29 is 15.0 Å². The van der Waals surface area contributed by atoms with Gasteiger partial charge in [-0.3, -0.25) is 4.79 Å². The average molecular weight is 728 g/mol. The molecule has 3 N–H and O–H groups in total. The van der Waals surface area contributed by atoms with E-state index in [1.165, 1.54) is 173 Å². The van der Waals surface area contributed by atoms with Gasteiger partial charge in [0.25, 0.3) is 0 Å². The molecule has 0 saturated carbocycles. The van der Waals surface area contributed by atoms with Gasteiger partial charge in [-0.15, -0.1) is 0 Å². The predicted octanol–water partition coefficient (Wildman–Crippen LogP) is 14.4. The minimum Gasteiger partial charge on any atom is -0.394 e. The number of rotatable bonds is 41. The van der Waals surface area contributed by atoms with Gasteiger partial charge in [0.2, 0.25) is 5.91 Å². The second-order valence-corrected chi connectivity index (χ2v) is 15.4. The van der Waals surface area contributed by atoms with Crippen molar-refractivity contribution in [1.29, 1.82) is 0 Å². The van der Waals surface area contributed by atoms with Crippen LogP contribution < -0.4 is 5.32 Å². The van der Waals surface area contributed by atoms with Crippen LogP contribution in [-0.2, 0) is 4.79 Å². The molecule has 0 aromatic rings. The van der Waals surface area contributed by atoms with E-state index in [1.807, 2.05) is 6.08 Å². The van der Waals surface area contributed by atoms with Crippen molar-refractivity contribution in [3.63, 3.8) is 0 Å². The zero-order valence-electron chi connectivity index (χ0n) is 34.8. The van der Waals surface area contributed by atoms with Gasteiger partial charge in [-0.1, -0.05) is 204 Å². The Morgan fingerprint density at radius 1 is 0.442 bits per heavy atom. The molecule has 0 saturated heterocycles. The van der Waals surface area contributed by atoms with Crippen LogP contribution in [0.15, 0.2) is 48.6 Å². The Kier molecular flexibility index (Phi) is 42.4. The summed E-state index contributed by atoms with van der Waals surface area (Å²) in [7, 11) is 0. The minimum absolute atomic E-state index is 0.0835. The van der Waals surface area contributed by atoms with Gasteiger partial charge >= 0.3 is 0 Å². The van der Waals surface area contributed by atoms with Gasteiger partial charge < -0.3 is 15.5 Å². The van der Waals surface area contributed by atoms with Crippen LogP contribution in [0.4, 0.5) is 0 Å². The van der Waals surface area contributed by atoms with Gasteiger partial charge in [-0.25, -0.2) is 0 Å². The molecular formula is C48H89NO3. The fraction of sp³-hybridized carbons (Fsp3) is 0.812. The van der Waals surface area contributed by atoms with E-state index in [2.05, 4.69) is 55.6 Å². The Morgan fingerprint density at radius 3 is 1.13 bits per heavy atom. The van der Waals surface area contributed by atoms with Gasteiger partial charge in [0.1, 0.15) is 0 Å². The standard InChI is InChI=1S/C48H89NO3/c1-3-5-7-9-11-13-15-17-19-20-21-22-23-24-25-26-27-28-30-31-33-35-37-39-41-43-47(51)46(45-50)49-48(52)44-42-40-38-36-34-32-29-18-16-14-12-10-8-6-4-2/h14,16,27-28,33,35,41,43,46-47,50-51H,3-13,15,17-26,29-32,34,36-40,42,44-45H2,1-2H3,(H,49,52)/b16-14-,28-27+,35-33+,43-41+. The molecule has 52 heavy (non-hydrogen) atoms. The van der Waals surface area contributed by atoms with Crippen molar-refractivity contribution in [2.45, 2.75) is 244 Å². The maximum Gasteiger partial charge on any atom is 0.220 e. The lowest BCUT2D eigenvalue weighted by Gasteiger charge is -2.19. The summed E-state index contributed by atoms with van der Waals surface area (Å²) in [5.74, 6) is -0.0835. The Hall–Kier alpha value is -1.65. The monoisotopic (exact) mass is 728 g/mol. The lowest BCUT2D eigenvalue weighted by atomic mass is 10.0. The molecule has 0 fully saturated rings. The summed E-state index contributed by atoms with van der Waals surface area (Å²) in [5.41, 5.74) is 0. The molecule has 1 amide bonds. The first-order chi connectivity index (χ1) is 25.7. The van der Waals surface area contributed by atoms with Gasteiger partial charge in [0.05, 0.1) is 18.8 Å². The molecular weight excluding hydrogens is 639 g/mol. The predicted molar refractivity (Wildman–Crippen MR) is 230 cm³/mol. The lowest BCUT2D eigenvalue weighted by Crippen LogP contribution is -2.45. The summed E-state index contributed by atoms with van der Waals surface area (Å²) in [6.07, 6.45) is 59.4. The zero-order valence-corrected chi connectivity index (χ0v) is 34.8. The van der Waals surface area contributed by atoms with E-state index >= 15 is 0 Å². The van der Waals surface area contributed by atoms with Crippen LogP contribution in [0.5, 0.6) is 0 Å². The number of aliphatic hydroxyl groups is 2. The number of allylic oxidation sites excluding steroid dienone is 7. The second-order valence-electron chi connectivity index (χ2n) is 15.4. The van der Waals surface area contributed by atoms with Crippen molar-refractivity contribution in [1.82, 2.24) is 5.32 Å². The summed E-state index contributed by atoms with van der Waals surface area (Å²) in [6.45, 7) is 4.28. The van der Waals surface area contributed by atoms with Crippen molar-refractivity contribution in [3.8, 4) is 0 Å². The van der Waals surface area contributed by atoms with Crippen LogP contribution in [0.3, 0.4) is 0 Å². The highest BCUT2D eigenvalue weighted by molar-refractivity contribution is 5.76. The summed E-state index contributed by atoms with van der Waals surface area (Å²) >= 11 is 0. The highest BCUT2D eigenvalue weighted by Crippen LogP contribution is 2.15. The Balaban J connectivity index is 3.62. The lowest BCUT2D eigenvalue weighted by molar-refractivity contribution is -0.123. The van der Waals surface area contributed by atoms with Gasteiger partial charge in [0, 0.05) is 6.42 Å². The number of carbonyl (C=O) groups is 1. The van der Waals surface area contributed by atoms with Gasteiger partial charge in [-0.2, -0.15) is 0 Å². The molecule has 0 aromatic carbocycles. The molecule has 0 aliphatic heterocycles. The molecule has 4 nitrogen and oxygen atoms in total. The molecule has 2 atom stereocenters. The van der Waals surface area contributed by atoms with E-state index in [0.717, 1.165) is 38.5 Å². The van der Waals surface area contributed by atoms with Crippen LogP contribution in [0.25, 0.3) is 0 Å². The highest BCUT2D eigenvalue weighted by Gasteiger charge is 2.17. The van der Waals surface area contributed by atoms with Crippen LogP contribution in [0, 0.1) is 0 Å². The van der Waals surface area contributed by atoms with Crippen LogP contribution in [0.2, 0.25) is 0 Å². The third kappa shape index (κ3) is 39.6. The van der Waals surface area contributed by atoms with Crippen LogP contribution in [0.1, 0.15) is 232 Å². The van der Waals surface area contributed by atoms with Gasteiger partial charge in [-0.05, 0) is 70.6 Å². The number of hydrogen-bond acceptors (Lipinski definition) is 3. The molecule has 304 valence electrons. The number of carbonyl (C=O) groups excluding carboxylic acids is 1. The summed E-state index contributed by atoms with van der Waals surface area (Å²) < 4.78 is 0. The van der Waals surface area contributed by atoms with E-state index < -0.39 is 12.1 Å². The SMILES string of the molecule is CCCCCC/C=C\CCCCCCCCCC(=O)NC(CO)C(O)/C=C/CC/C=C/CC/C=C/CCCCCCCCCCCCCCCCC. The normalized spacial score (nSPS) is 13.4. The second kappa shape index (κ2) is 43.8. The quantitative estimate of drug-likeness (QED) is 0.0434. The molecule has 0 radical (unpaired) electrons. The number of amides is 1. The maximum atomic E-state index is 12.4. The molecule has 0 aromatic heterocycles. The molecule has 0 aliphatic rings. The number of hydrogen-bond donors (Lipinski definition) is 3. The summed E-state index contributed by atoms with van der Waals surface area (Å²) in [6, 6.07) is -0.647. The van der Waals surface area contributed by atoms with E-state index in [9.17, 15) is 15.0 Å². The first kappa shape index (κ1) is 50.4. The number of unbranched alkanes of at least 4 members (excludes halogenated alkanes) is 28. The Bertz CT molecular complexity index is 831. The minimum atomic E-state index is -0.872. The van der Waals surface area contributed by atoms with Crippen molar-refractivity contribution in [2.75, 3.05) is 6.61 Å². The van der Waals surface area contributed by atoms with Crippen LogP contribution >= 0.6 is 0 Å². The average Bonchev–Trinajstić information content (AvgIpc) is 3.15. The smallest absolute Gasteiger partial charge is 0.220 e. The molecule has 0 bridgehead atoms. The topological polar surface area (TPSA) is 69.6 Å². The molecule has 0 spiro atoms. The highest BCUT2D eigenvalue weighted by atomic mass is 16.3. The van der Waals surface area contributed by atoms with Gasteiger partial charge in [0.15, 0.2) is 0 Å². The van der Waals surface area contributed by atoms with E-state index in [-0.39, 0.29) is 12.5 Å². The molecule has 4 heteroatoms. The largest absolute Gasteiger partial charge is 0.394 e. The zero-order chi connectivity index (χ0) is 37.8. The fourth-order valence-corrected chi connectivity index (χ4v) is 6.73. The molecule has 0 aliphatic carbocycles. The summed E-state index contributed by atoms with van der Waals surface area (Å²) in [5, 5.41) is 23.0. The van der Waals surface area contributed by atoms with Crippen molar-refractivity contribution >= 4 is 5.91 Å². The van der Waals surface area contributed by atoms with Crippen molar-refractivity contribution in [3.05, 3.63) is 48.6 Å². The van der Waals surface area contributed by atoms with E-state index in [1.54, 1.807) is 6.08 Å². The molecule has 2 unspecified atom stereocenters. The third-order valence-corrected chi connectivity index (χ3v) is 10.3. The van der Waals surface area contributed by atoms with E-state index in [4.69, 9.17) is 0 Å². The van der Waals surface area contributed by atoms with Crippen LogP contribution in [-0.4, -0.2) is 34.9 Å². The number of nitrogens with one attached hydrogen (secondary N) is 1.